The van der Waals surface area contributed by atoms with E-state index in [0.717, 1.165) is 62.9 Å². The van der Waals surface area contributed by atoms with Crippen LogP contribution >= 0.6 is 23.2 Å². The first-order valence-corrected chi connectivity index (χ1v) is 11.8. The van der Waals surface area contributed by atoms with E-state index in [1.165, 1.54) is 12.0 Å². The fraction of sp³-hybridized carbons (Fsp3) is 0.458. The van der Waals surface area contributed by atoms with Crippen molar-refractivity contribution in [2.45, 2.75) is 19.3 Å². The minimum absolute atomic E-state index is 0.0876. The third kappa shape index (κ3) is 4.79. The summed E-state index contributed by atoms with van der Waals surface area (Å²) < 4.78 is 6.04. The first-order valence-electron chi connectivity index (χ1n) is 11.0. The Hall–Kier alpha value is -1.95. The average Bonchev–Trinajstić information content (AvgIpc) is 3.52. The van der Waals surface area contributed by atoms with Gasteiger partial charge in [-0.3, -0.25) is 9.69 Å². The van der Waals surface area contributed by atoms with Crippen molar-refractivity contribution in [2.24, 2.45) is 11.8 Å². The summed E-state index contributed by atoms with van der Waals surface area (Å²) in [6, 6.07) is 11.9. The number of benzene rings is 2. The first-order chi connectivity index (χ1) is 15.1. The summed E-state index contributed by atoms with van der Waals surface area (Å²) in [7, 11) is 0. The van der Waals surface area contributed by atoms with Crippen LogP contribution in [0.3, 0.4) is 0 Å². The van der Waals surface area contributed by atoms with E-state index in [-0.39, 0.29) is 5.91 Å². The van der Waals surface area contributed by atoms with Crippen LogP contribution in [0.4, 0.5) is 11.4 Å². The van der Waals surface area contributed by atoms with Gasteiger partial charge in [0.1, 0.15) is 5.75 Å². The molecule has 164 valence electrons. The average molecular weight is 460 g/mol. The van der Waals surface area contributed by atoms with Gasteiger partial charge in [-0.15, -0.1) is 0 Å². The molecule has 1 N–H and O–H groups in total. The second-order valence-corrected chi connectivity index (χ2v) is 9.58. The Balaban J connectivity index is 1.07. The van der Waals surface area contributed by atoms with Gasteiger partial charge in [0.25, 0.3) is 0 Å². The first kappa shape index (κ1) is 20.9. The third-order valence-corrected chi connectivity index (χ3v) is 7.46. The van der Waals surface area contributed by atoms with Crippen LogP contribution in [0, 0.1) is 11.8 Å². The molecule has 2 aromatic rings. The Bertz CT molecular complexity index is 975. The second-order valence-electron chi connectivity index (χ2n) is 8.79. The molecule has 2 heterocycles. The second kappa shape index (κ2) is 8.89. The topological polar surface area (TPSA) is 44.8 Å². The maximum Gasteiger partial charge on any atom is 0.224 e. The number of ether oxygens (including phenoxy) is 1. The Labute approximate surface area is 193 Å². The van der Waals surface area contributed by atoms with Crippen LogP contribution in [0.5, 0.6) is 5.75 Å². The molecule has 1 saturated carbocycles. The highest BCUT2D eigenvalue weighted by Crippen LogP contribution is 2.40. The van der Waals surface area contributed by atoms with Crippen LogP contribution in [-0.2, 0) is 11.2 Å². The lowest BCUT2D eigenvalue weighted by molar-refractivity contribution is -0.116. The van der Waals surface area contributed by atoms with Crippen molar-refractivity contribution in [2.75, 3.05) is 49.5 Å². The molecule has 0 bridgehead atoms. The van der Waals surface area contributed by atoms with E-state index in [0.29, 0.717) is 28.3 Å². The quantitative estimate of drug-likeness (QED) is 0.678. The van der Waals surface area contributed by atoms with Crippen LogP contribution in [0.2, 0.25) is 10.0 Å². The van der Waals surface area contributed by atoms with Gasteiger partial charge in [-0.05, 0) is 48.4 Å². The molecule has 5 nitrogen and oxygen atoms in total. The molecule has 1 saturated heterocycles. The Morgan fingerprint density at radius 3 is 2.71 bits per heavy atom. The van der Waals surface area contributed by atoms with Crippen molar-refractivity contribution in [1.82, 2.24) is 4.90 Å². The number of rotatable bonds is 6. The van der Waals surface area contributed by atoms with Crippen molar-refractivity contribution < 1.29 is 9.53 Å². The Kier molecular flexibility index (Phi) is 6.00. The lowest BCUT2D eigenvalue weighted by Gasteiger charge is -2.36. The Morgan fingerprint density at radius 1 is 1.03 bits per heavy atom. The summed E-state index contributed by atoms with van der Waals surface area (Å²) >= 11 is 12.6. The summed E-state index contributed by atoms with van der Waals surface area (Å²) in [5.41, 5.74) is 3.13. The number of hydrogen-bond donors (Lipinski definition) is 1. The molecule has 2 fully saturated rings. The summed E-state index contributed by atoms with van der Waals surface area (Å²) in [4.78, 5) is 16.5. The zero-order valence-electron chi connectivity index (χ0n) is 17.4. The molecule has 0 aromatic heterocycles. The molecular formula is C24H27Cl2N3O2. The number of carbonyl (C=O) groups is 1. The van der Waals surface area contributed by atoms with Crippen molar-refractivity contribution in [3.05, 3.63) is 52.0 Å². The van der Waals surface area contributed by atoms with Gasteiger partial charge in [-0.1, -0.05) is 35.3 Å². The van der Waals surface area contributed by atoms with Gasteiger partial charge in [0.05, 0.1) is 22.3 Å². The van der Waals surface area contributed by atoms with Gasteiger partial charge >= 0.3 is 0 Å². The number of anilines is 2. The molecule has 1 amide bonds. The third-order valence-electron chi connectivity index (χ3n) is 6.65. The fourth-order valence-corrected chi connectivity index (χ4v) is 5.04. The molecule has 31 heavy (non-hydrogen) atoms. The van der Waals surface area contributed by atoms with E-state index in [9.17, 15) is 4.79 Å². The standard InChI is InChI=1S/C24H27Cl2N3O2/c25-20-2-1-3-22(24(20)26)29-10-8-28(9-11-29)14-17-12-18(17)15-31-19-6-4-16-5-7-23(30)27-21(16)13-19/h1-4,6,13,17-18H,5,7-12,14-15H2,(H,27,30)/t17-,18-/m0/s1. The predicted octanol–water partition coefficient (Wildman–Crippen LogP) is 4.72. The molecule has 0 unspecified atom stereocenters. The number of fused-ring (bicyclic) bond motifs is 1. The molecular weight excluding hydrogens is 433 g/mol. The van der Waals surface area contributed by atoms with E-state index in [1.807, 2.05) is 30.3 Å². The number of hydrogen-bond acceptors (Lipinski definition) is 4. The van der Waals surface area contributed by atoms with Gasteiger partial charge < -0.3 is 15.0 Å². The van der Waals surface area contributed by atoms with Crippen LogP contribution in [0.1, 0.15) is 18.4 Å². The zero-order valence-corrected chi connectivity index (χ0v) is 19.0. The number of halogens is 2. The highest BCUT2D eigenvalue weighted by molar-refractivity contribution is 6.43. The predicted molar refractivity (Wildman–Crippen MR) is 126 cm³/mol. The highest BCUT2D eigenvalue weighted by Gasteiger charge is 2.39. The van der Waals surface area contributed by atoms with Gasteiger partial charge in [0.2, 0.25) is 5.91 Å². The molecule has 0 spiro atoms. The van der Waals surface area contributed by atoms with E-state index in [2.05, 4.69) is 21.2 Å². The number of nitrogens with zero attached hydrogens (tertiary/aromatic N) is 2. The molecule has 2 aliphatic heterocycles. The van der Waals surface area contributed by atoms with Gasteiger partial charge in [-0.25, -0.2) is 0 Å². The minimum Gasteiger partial charge on any atom is -0.493 e. The largest absolute Gasteiger partial charge is 0.493 e. The van der Waals surface area contributed by atoms with Gasteiger partial charge in [0, 0.05) is 50.9 Å². The summed E-state index contributed by atoms with van der Waals surface area (Å²) in [5, 5.41) is 4.21. The fourth-order valence-electron chi connectivity index (χ4n) is 4.62. The van der Waals surface area contributed by atoms with Crippen molar-refractivity contribution in [3.63, 3.8) is 0 Å². The molecule has 1 aliphatic carbocycles. The van der Waals surface area contributed by atoms with Gasteiger partial charge in [-0.2, -0.15) is 0 Å². The monoisotopic (exact) mass is 459 g/mol. The van der Waals surface area contributed by atoms with Crippen LogP contribution in [0.25, 0.3) is 0 Å². The Morgan fingerprint density at radius 2 is 1.87 bits per heavy atom. The summed E-state index contributed by atoms with van der Waals surface area (Å²) in [6.45, 7) is 5.89. The van der Waals surface area contributed by atoms with Crippen LogP contribution < -0.4 is 15.0 Å². The number of carbonyl (C=O) groups excluding carboxylic acids is 1. The van der Waals surface area contributed by atoms with E-state index in [4.69, 9.17) is 27.9 Å². The molecule has 5 rings (SSSR count). The van der Waals surface area contributed by atoms with E-state index >= 15 is 0 Å². The van der Waals surface area contributed by atoms with Gasteiger partial charge in [0.15, 0.2) is 0 Å². The molecule has 0 radical (unpaired) electrons. The normalized spacial score (nSPS) is 23.3. The molecule has 3 aliphatic rings. The molecule has 2 atom stereocenters. The maximum atomic E-state index is 11.6. The van der Waals surface area contributed by atoms with Crippen LogP contribution in [0.15, 0.2) is 36.4 Å². The molecule has 7 heteroatoms. The van der Waals surface area contributed by atoms with Crippen LogP contribution in [-0.4, -0.2) is 50.1 Å². The zero-order chi connectivity index (χ0) is 21.4. The lowest BCUT2D eigenvalue weighted by Crippen LogP contribution is -2.47. The summed E-state index contributed by atoms with van der Waals surface area (Å²) in [5.74, 6) is 2.26. The summed E-state index contributed by atoms with van der Waals surface area (Å²) in [6.07, 6.45) is 2.60. The highest BCUT2D eigenvalue weighted by atomic mass is 35.5. The minimum atomic E-state index is 0.0876. The smallest absolute Gasteiger partial charge is 0.224 e. The number of amides is 1. The number of piperazine rings is 1. The molecule has 2 aromatic carbocycles. The van der Waals surface area contributed by atoms with Crippen molar-refractivity contribution in [3.8, 4) is 5.75 Å². The number of aryl methyl sites for hydroxylation is 1. The number of nitrogens with one attached hydrogen (secondary N) is 1. The van der Waals surface area contributed by atoms with E-state index in [1.54, 1.807) is 0 Å². The SMILES string of the molecule is O=C1CCc2ccc(OC[C@@H]3C[C@H]3CN3CCN(c4cccc(Cl)c4Cl)CC3)cc2N1. The lowest BCUT2D eigenvalue weighted by atomic mass is 10.0. The maximum absolute atomic E-state index is 11.6. The van der Waals surface area contributed by atoms with Crippen molar-refractivity contribution >= 4 is 40.5 Å². The van der Waals surface area contributed by atoms with Crippen molar-refractivity contribution in [1.29, 1.82) is 0 Å². The van der Waals surface area contributed by atoms with E-state index < -0.39 is 0 Å².